The van der Waals surface area contributed by atoms with Gasteiger partial charge in [-0.25, -0.2) is 9.78 Å². The lowest BCUT2D eigenvalue weighted by molar-refractivity contribution is 0.0702. The molecule has 0 saturated heterocycles. The summed E-state index contributed by atoms with van der Waals surface area (Å²) in [5.74, 6) is 0.323. The summed E-state index contributed by atoms with van der Waals surface area (Å²) >= 11 is 1.16. The summed E-state index contributed by atoms with van der Waals surface area (Å²) in [5, 5.41) is 8.76. The summed E-state index contributed by atoms with van der Waals surface area (Å²) in [4.78, 5) is 15.9. The van der Waals surface area contributed by atoms with Crippen LogP contribution in [0.15, 0.2) is 16.5 Å². The van der Waals surface area contributed by atoms with Crippen LogP contribution >= 0.6 is 11.3 Å². The van der Waals surface area contributed by atoms with Gasteiger partial charge in [0.25, 0.3) is 0 Å². The SMILES string of the molecule is Cc1nc(-c2ccc(C(=O)O)s2)oc1C. The molecule has 0 bridgehead atoms. The van der Waals surface area contributed by atoms with Crippen molar-refractivity contribution in [2.24, 2.45) is 0 Å². The first kappa shape index (κ1) is 9.92. The van der Waals surface area contributed by atoms with Crippen LogP contribution in [0.25, 0.3) is 10.8 Å². The van der Waals surface area contributed by atoms with E-state index in [-0.39, 0.29) is 0 Å². The number of hydrogen-bond donors (Lipinski definition) is 1. The maximum absolute atomic E-state index is 10.7. The molecule has 4 nitrogen and oxygen atoms in total. The molecule has 0 aliphatic rings. The highest BCUT2D eigenvalue weighted by Gasteiger charge is 2.13. The van der Waals surface area contributed by atoms with Crippen molar-refractivity contribution in [2.75, 3.05) is 0 Å². The molecule has 0 saturated carbocycles. The van der Waals surface area contributed by atoms with Gasteiger partial charge in [0, 0.05) is 0 Å². The second kappa shape index (κ2) is 3.51. The van der Waals surface area contributed by atoms with Crippen LogP contribution < -0.4 is 0 Å². The highest BCUT2D eigenvalue weighted by molar-refractivity contribution is 7.17. The average molecular weight is 223 g/mol. The standard InChI is InChI=1S/C10H9NO3S/c1-5-6(2)14-9(11-5)7-3-4-8(15-7)10(12)13/h3-4H,1-2H3,(H,12,13). The van der Waals surface area contributed by atoms with E-state index in [0.29, 0.717) is 10.8 Å². The van der Waals surface area contributed by atoms with Gasteiger partial charge < -0.3 is 9.52 Å². The van der Waals surface area contributed by atoms with Crippen LogP contribution in [0, 0.1) is 13.8 Å². The number of aromatic nitrogens is 1. The van der Waals surface area contributed by atoms with E-state index in [4.69, 9.17) is 9.52 Å². The number of carboxylic acids is 1. The third-order valence-electron chi connectivity index (χ3n) is 2.06. The third-order valence-corrected chi connectivity index (χ3v) is 3.12. The monoisotopic (exact) mass is 223 g/mol. The number of thiophene rings is 1. The van der Waals surface area contributed by atoms with Crippen molar-refractivity contribution < 1.29 is 14.3 Å². The Balaban J connectivity index is 2.41. The summed E-state index contributed by atoms with van der Waals surface area (Å²) < 4.78 is 5.40. The summed E-state index contributed by atoms with van der Waals surface area (Å²) in [6.45, 7) is 3.69. The maximum Gasteiger partial charge on any atom is 0.345 e. The van der Waals surface area contributed by atoms with Gasteiger partial charge in [0.1, 0.15) is 10.6 Å². The van der Waals surface area contributed by atoms with E-state index in [2.05, 4.69) is 4.98 Å². The van der Waals surface area contributed by atoms with E-state index in [9.17, 15) is 4.79 Å². The van der Waals surface area contributed by atoms with Crippen LogP contribution in [0.3, 0.4) is 0 Å². The molecule has 0 aliphatic heterocycles. The third kappa shape index (κ3) is 1.78. The molecule has 2 heterocycles. The van der Waals surface area contributed by atoms with Crippen molar-refractivity contribution in [3.05, 3.63) is 28.5 Å². The summed E-state index contributed by atoms with van der Waals surface area (Å²) in [6, 6.07) is 3.26. The van der Waals surface area contributed by atoms with Gasteiger partial charge in [-0.05, 0) is 26.0 Å². The molecule has 2 aromatic rings. The first-order chi connectivity index (χ1) is 7.08. The zero-order chi connectivity index (χ0) is 11.0. The fourth-order valence-corrected chi connectivity index (χ4v) is 1.92. The van der Waals surface area contributed by atoms with Gasteiger partial charge in [0.05, 0.1) is 10.6 Å². The molecule has 2 rings (SSSR count). The van der Waals surface area contributed by atoms with E-state index < -0.39 is 5.97 Å². The smallest absolute Gasteiger partial charge is 0.345 e. The molecule has 15 heavy (non-hydrogen) atoms. The van der Waals surface area contributed by atoms with Crippen molar-refractivity contribution in [3.8, 4) is 10.8 Å². The van der Waals surface area contributed by atoms with Crippen molar-refractivity contribution in [1.29, 1.82) is 0 Å². The van der Waals surface area contributed by atoms with Crippen LogP contribution in [-0.4, -0.2) is 16.1 Å². The molecule has 0 unspecified atom stereocenters. The first-order valence-electron chi connectivity index (χ1n) is 4.35. The molecule has 0 fully saturated rings. The quantitative estimate of drug-likeness (QED) is 0.850. The second-order valence-electron chi connectivity index (χ2n) is 3.13. The van der Waals surface area contributed by atoms with E-state index in [1.165, 1.54) is 0 Å². The Bertz CT molecular complexity index is 493. The Morgan fingerprint density at radius 2 is 2.20 bits per heavy atom. The number of carbonyl (C=O) groups is 1. The van der Waals surface area contributed by atoms with E-state index in [0.717, 1.165) is 27.7 Å². The van der Waals surface area contributed by atoms with Crippen molar-refractivity contribution in [3.63, 3.8) is 0 Å². The predicted octanol–water partition coefficient (Wildman–Crippen LogP) is 2.72. The number of rotatable bonds is 2. The Labute approximate surface area is 90.2 Å². The Kier molecular flexibility index (Phi) is 2.32. The topological polar surface area (TPSA) is 63.3 Å². The van der Waals surface area contributed by atoms with E-state index >= 15 is 0 Å². The molecule has 0 aromatic carbocycles. The lowest BCUT2D eigenvalue weighted by Crippen LogP contribution is -1.89. The number of oxazole rings is 1. The van der Waals surface area contributed by atoms with Crippen LogP contribution in [0.2, 0.25) is 0 Å². The molecule has 0 aliphatic carbocycles. The highest BCUT2D eigenvalue weighted by atomic mass is 32.1. The largest absolute Gasteiger partial charge is 0.477 e. The van der Waals surface area contributed by atoms with E-state index in [1.54, 1.807) is 12.1 Å². The zero-order valence-electron chi connectivity index (χ0n) is 8.27. The van der Waals surface area contributed by atoms with Crippen molar-refractivity contribution in [1.82, 2.24) is 4.98 Å². The van der Waals surface area contributed by atoms with Crippen LogP contribution in [0.5, 0.6) is 0 Å². The second-order valence-corrected chi connectivity index (χ2v) is 4.21. The normalized spacial score (nSPS) is 10.5. The molecule has 78 valence electrons. The van der Waals surface area contributed by atoms with Gasteiger partial charge in [0.15, 0.2) is 0 Å². The molecule has 2 aromatic heterocycles. The van der Waals surface area contributed by atoms with Crippen LogP contribution in [-0.2, 0) is 0 Å². The average Bonchev–Trinajstić information content (AvgIpc) is 2.74. The molecule has 0 atom stereocenters. The molecule has 5 heteroatoms. The van der Waals surface area contributed by atoms with Gasteiger partial charge in [-0.1, -0.05) is 0 Å². The molecule has 0 radical (unpaired) electrons. The highest BCUT2D eigenvalue weighted by Crippen LogP contribution is 2.28. The minimum absolute atomic E-state index is 0.290. The fraction of sp³-hybridized carbons (Fsp3) is 0.200. The Hall–Kier alpha value is -1.62. The number of nitrogens with zero attached hydrogens (tertiary/aromatic N) is 1. The maximum atomic E-state index is 10.7. The van der Waals surface area contributed by atoms with Gasteiger partial charge in [-0.2, -0.15) is 0 Å². The lowest BCUT2D eigenvalue weighted by Gasteiger charge is -1.86. The van der Waals surface area contributed by atoms with Crippen LogP contribution in [0.1, 0.15) is 21.1 Å². The lowest BCUT2D eigenvalue weighted by atomic mass is 10.4. The summed E-state index contributed by atoms with van der Waals surface area (Å²) in [7, 11) is 0. The Morgan fingerprint density at radius 1 is 1.47 bits per heavy atom. The number of hydrogen-bond acceptors (Lipinski definition) is 4. The number of aryl methyl sites for hydroxylation is 2. The van der Waals surface area contributed by atoms with E-state index in [1.807, 2.05) is 13.8 Å². The summed E-state index contributed by atoms with van der Waals surface area (Å²) in [5.41, 5.74) is 0.829. The fourth-order valence-electron chi connectivity index (χ4n) is 1.15. The molecular formula is C10H9NO3S. The molecule has 0 spiro atoms. The Morgan fingerprint density at radius 3 is 2.67 bits per heavy atom. The van der Waals surface area contributed by atoms with Crippen molar-refractivity contribution >= 4 is 17.3 Å². The minimum atomic E-state index is -0.925. The predicted molar refractivity (Wildman–Crippen MR) is 56.2 cm³/mol. The van der Waals surface area contributed by atoms with Crippen molar-refractivity contribution in [2.45, 2.75) is 13.8 Å². The number of aromatic carboxylic acids is 1. The van der Waals surface area contributed by atoms with Crippen LogP contribution in [0.4, 0.5) is 0 Å². The molecule has 0 amide bonds. The molecular weight excluding hydrogens is 214 g/mol. The van der Waals surface area contributed by atoms with Gasteiger partial charge in [-0.15, -0.1) is 11.3 Å². The van der Waals surface area contributed by atoms with Gasteiger partial charge in [-0.3, -0.25) is 0 Å². The minimum Gasteiger partial charge on any atom is -0.477 e. The van der Waals surface area contributed by atoms with Gasteiger partial charge in [0.2, 0.25) is 5.89 Å². The zero-order valence-corrected chi connectivity index (χ0v) is 9.09. The molecule has 1 N–H and O–H groups in total. The number of carboxylic acid groups (broad SMARTS) is 1. The van der Waals surface area contributed by atoms with Gasteiger partial charge >= 0.3 is 5.97 Å². The first-order valence-corrected chi connectivity index (χ1v) is 5.17. The summed E-state index contributed by atoms with van der Waals surface area (Å²) in [6.07, 6.45) is 0.